The Labute approximate surface area is 99.1 Å². The van der Waals surface area contributed by atoms with Crippen LogP contribution in [0.25, 0.3) is 0 Å². The van der Waals surface area contributed by atoms with Crippen LogP contribution < -0.4 is 0 Å². The van der Waals surface area contributed by atoms with E-state index in [9.17, 15) is 0 Å². The summed E-state index contributed by atoms with van der Waals surface area (Å²) in [4.78, 5) is 0. The molecule has 0 aliphatic rings. The second kappa shape index (κ2) is 4.83. The Bertz CT molecular complexity index is 211. The molecular weight excluding hydrogens is 234 g/mol. The Morgan fingerprint density at radius 3 is 1.53 bits per heavy atom. The summed E-state index contributed by atoms with van der Waals surface area (Å²) in [6.45, 7) is 20.6. The van der Waals surface area contributed by atoms with Crippen molar-refractivity contribution in [1.29, 1.82) is 0 Å². The molecule has 0 aromatic carbocycles. The van der Waals surface area contributed by atoms with E-state index >= 15 is 0 Å². The Morgan fingerprint density at radius 1 is 0.933 bits per heavy atom. The van der Waals surface area contributed by atoms with Crippen LogP contribution in [-0.2, 0) is 4.43 Å². The summed E-state index contributed by atoms with van der Waals surface area (Å²) in [6, 6.07) is 0. The minimum absolute atomic E-state index is 1.19. The van der Waals surface area contributed by atoms with Gasteiger partial charge < -0.3 is 8.66 Å². The van der Waals surface area contributed by atoms with E-state index in [-0.39, 0.29) is 0 Å². The van der Waals surface area contributed by atoms with Crippen molar-refractivity contribution in [2.24, 2.45) is 0 Å². The molecule has 2 nitrogen and oxygen atoms in total. The van der Waals surface area contributed by atoms with Crippen LogP contribution in [0.3, 0.4) is 0 Å². The van der Waals surface area contributed by atoms with Crippen molar-refractivity contribution in [3.8, 4) is 0 Å². The molecule has 5 heteroatoms. The third-order valence-electron chi connectivity index (χ3n) is 3.78. The quantitative estimate of drug-likeness (QED) is 0.706. The Morgan fingerprint density at radius 2 is 1.33 bits per heavy atom. The molecule has 0 aliphatic carbocycles. The van der Waals surface area contributed by atoms with Gasteiger partial charge in [-0.3, -0.25) is 0 Å². The maximum Gasteiger partial charge on any atom is 0.190 e. The van der Waals surface area contributed by atoms with Gasteiger partial charge in [0, 0.05) is 7.11 Å². The summed E-state index contributed by atoms with van der Waals surface area (Å²) in [7, 11) is -2.18. The lowest BCUT2D eigenvalue weighted by Gasteiger charge is -2.50. The average molecular weight is 264 g/mol. The highest BCUT2D eigenvalue weighted by Gasteiger charge is 2.49. The first kappa shape index (κ1) is 15.6. The minimum atomic E-state index is -1.50. The highest BCUT2D eigenvalue weighted by atomic mass is 29.3. The first-order valence-corrected chi connectivity index (χ1v) is 16.1. The SMILES string of the molecule is CCN([Si](C)(C)C)[Si](C)(C)[Si](C)(C)OC. The topological polar surface area (TPSA) is 12.5 Å². The molecule has 0 aromatic heterocycles. The molecule has 0 atom stereocenters. The number of nitrogens with zero attached hydrogens (tertiary/aromatic N) is 1. The largest absolute Gasteiger partial charge is 0.422 e. The van der Waals surface area contributed by atoms with Gasteiger partial charge in [0.25, 0.3) is 0 Å². The molecule has 0 radical (unpaired) electrons. The molecule has 0 fully saturated rings. The standard InChI is InChI=1S/C10H29NOSi3/c1-10-11(13(3,4)5)14(6,7)15(8,9)12-2/h10H2,1-9H3. The fourth-order valence-electron chi connectivity index (χ4n) is 2.28. The molecule has 0 heterocycles. The highest BCUT2D eigenvalue weighted by Crippen LogP contribution is 2.28. The van der Waals surface area contributed by atoms with Crippen LogP contribution >= 0.6 is 0 Å². The molecule has 0 aliphatic heterocycles. The van der Waals surface area contributed by atoms with Crippen molar-refractivity contribution < 1.29 is 4.43 Å². The van der Waals surface area contributed by atoms with E-state index < -0.39 is 23.8 Å². The van der Waals surface area contributed by atoms with Crippen LogP contribution in [-0.4, -0.2) is 41.7 Å². The summed E-state index contributed by atoms with van der Waals surface area (Å²) in [5, 5.41) is 0. The van der Waals surface area contributed by atoms with Gasteiger partial charge in [-0.05, 0) is 19.6 Å². The Kier molecular flexibility index (Phi) is 5.01. The normalized spacial score (nSPS) is 14.8. The van der Waals surface area contributed by atoms with Gasteiger partial charge in [0.1, 0.15) is 16.0 Å². The van der Waals surface area contributed by atoms with E-state index in [0.29, 0.717) is 0 Å². The van der Waals surface area contributed by atoms with Crippen LogP contribution in [0.2, 0.25) is 45.8 Å². The van der Waals surface area contributed by atoms with Gasteiger partial charge in [-0.2, -0.15) is 0 Å². The molecule has 0 saturated carbocycles. The van der Waals surface area contributed by atoms with E-state index in [0.717, 1.165) is 0 Å². The van der Waals surface area contributed by atoms with Gasteiger partial charge in [-0.1, -0.05) is 39.7 Å². The number of rotatable bonds is 5. The molecule has 0 aromatic rings. The number of hydrogen-bond donors (Lipinski definition) is 0. The summed E-state index contributed by atoms with van der Waals surface area (Å²) in [6.07, 6.45) is 0. The fourth-order valence-corrected chi connectivity index (χ4v) is 21.2. The van der Waals surface area contributed by atoms with Crippen molar-refractivity contribution in [3.63, 3.8) is 0 Å². The van der Waals surface area contributed by atoms with E-state index in [1.54, 1.807) is 0 Å². The van der Waals surface area contributed by atoms with E-state index in [4.69, 9.17) is 4.43 Å². The second-order valence-corrected chi connectivity index (χ2v) is 25.9. The molecule has 0 unspecified atom stereocenters. The Balaban J connectivity index is 5.15. The van der Waals surface area contributed by atoms with Crippen LogP contribution in [0.4, 0.5) is 0 Å². The zero-order valence-corrected chi connectivity index (χ0v) is 15.1. The summed E-state index contributed by atoms with van der Waals surface area (Å²) >= 11 is 0. The van der Waals surface area contributed by atoms with Gasteiger partial charge in [0.15, 0.2) is 7.83 Å². The lowest BCUT2D eigenvalue weighted by Crippen LogP contribution is -2.72. The number of hydrogen-bond acceptors (Lipinski definition) is 2. The molecule has 0 N–H and O–H groups in total. The smallest absolute Gasteiger partial charge is 0.190 e. The second-order valence-electron chi connectivity index (χ2n) is 6.19. The summed E-state index contributed by atoms with van der Waals surface area (Å²) in [5.41, 5.74) is 0. The van der Waals surface area contributed by atoms with E-state index in [1.165, 1.54) is 6.54 Å². The van der Waals surface area contributed by atoms with Crippen molar-refractivity contribution in [1.82, 2.24) is 4.23 Å². The van der Waals surface area contributed by atoms with E-state index in [1.807, 2.05) is 7.11 Å². The van der Waals surface area contributed by atoms with Crippen molar-refractivity contribution in [2.45, 2.75) is 52.8 Å². The highest BCUT2D eigenvalue weighted by molar-refractivity contribution is 7.38. The first-order chi connectivity index (χ1) is 6.50. The maximum absolute atomic E-state index is 5.86. The fraction of sp³-hybridized carbons (Fsp3) is 1.00. The van der Waals surface area contributed by atoms with Crippen molar-refractivity contribution in [3.05, 3.63) is 0 Å². The molecule has 92 valence electrons. The lowest BCUT2D eigenvalue weighted by atomic mass is 10.8. The zero-order chi connectivity index (χ0) is 12.5. The Hall–Kier alpha value is 0.571. The first-order valence-electron chi connectivity index (χ1n) is 5.83. The predicted octanol–water partition coefficient (Wildman–Crippen LogP) is 3.28. The maximum atomic E-state index is 5.86. The van der Waals surface area contributed by atoms with Crippen LogP contribution in [0.1, 0.15) is 6.92 Å². The van der Waals surface area contributed by atoms with Gasteiger partial charge >= 0.3 is 0 Å². The van der Waals surface area contributed by atoms with Crippen LogP contribution in [0, 0.1) is 0 Å². The third-order valence-corrected chi connectivity index (χ3v) is 26.0. The molecule has 0 rings (SSSR count). The van der Waals surface area contributed by atoms with Gasteiger partial charge in [-0.25, -0.2) is 0 Å². The van der Waals surface area contributed by atoms with Crippen LogP contribution in [0.15, 0.2) is 0 Å². The molecule has 0 amide bonds. The van der Waals surface area contributed by atoms with Crippen LogP contribution in [0.5, 0.6) is 0 Å². The van der Waals surface area contributed by atoms with Gasteiger partial charge in [-0.15, -0.1) is 0 Å². The van der Waals surface area contributed by atoms with Gasteiger partial charge in [0.05, 0.1) is 0 Å². The summed E-state index contributed by atoms with van der Waals surface area (Å²) in [5.74, 6) is 0. The van der Waals surface area contributed by atoms with Crippen molar-refractivity contribution >= 4 is 23.8 Å². The van der Waals surface area contributed by atoms with Crippen molar-refractivity contribution in [2.75, 3.05) is 13.7 Å². The average Bonchev–Trinajstić information content (AvgIpc) is 2.01. The molecule has 0 spiro atoms. The third kappa shape index (κ3) is 3.26. The minimum Gasteiger partial charge on any atom is -0.422 e. The zero-order valence-electron chi connectivity index (χ0n) is 12.1. The monoisotopic (exact) mass is 263 g/mol. The summed E-state index contributed by atoms with van der Waals surface area (Å²) < 4.78 is 8.69. The predicted molar refractivity (Wildman–Crippen MR) is 77.7 cm³/mol. The van der Waals surface area contributed by atoms with Gasteiger partial charge in [0.2, 0.25) is 0 Å². The molecular formula is C10H29NOSi3. The molecule has 0 saturated heterocycles. The molecule has 15 heavy (non-hydrogen) atoms. The lowest BCUT2D eigenvalue weighted by molar-refractivity contribution is 0.415. The molecule has 0 bridgehead atoms. The van der Waals surface area contributed by atoms with E-state index in [2.05, 4.69) is 57.0 Å².